The van der Waals surface area contributed by atoms with E-state index in [0.717, 1.165) is 36.0 Å². The van der Waals surface area contributed by atoms with Crippen molar-refractivity contribution in [3.8, 4) is 0 Å². The number of pyridine rings is 1. The third kappa shape index (κ3) is 3.50. The van der Waals surface area contributed by atoms with Gasteiger partial charge < -0.3 is 19.1 Å². The zero-order valence-corrected chi connectivity index (χ0v) is 19.3. The van der Waals surface area contributed by atoms with Crippen LogP contribution in [0.15, 0.2) is 47.5 Å². The van der Waals surface area contributed by atoms with E-state index in [9.17, 15) is 4.79 Å². The molecule has 1 aromatic carbocycles. The Morgan fingerprint density at radius 3 is 2.56 bits per heavy atom. The molecule has 0 aliphatic carbocycles. The van der Waals surface area contributed by atoms with E-state index in [2.05, 4.69) is 51.8 Å². The predicted octanol–water partition coefficient (Wildman–Crippen LogP) is 4.25. The molecule has 0 unspecified atom stereocenters. The first-order chi connectivity index (χ1) is 15.3. The van der Waals surface area contributed by atoms with Gasteiger partial charge in [0, 0.05) is 37.7 Å². The Morgan fingerprint density at radius 2 is 1.84 bits per heavy atom. The number of hydrogen-bond acceptors (Lipinski definition) is 6. The summed E-state index contributed by atoms with van der Waals surface area (Å²) >= 11 is 6.27. The molecule has 0 saturated carbocycles. The summed E-state index contributed by atoms with van der Waals surface area (Å²) in [5.41, 5.74) is 4.92. The SMILES string of the molecule is Cc1ocnc1C(=O)N1CCN(c2cncc(N3Cc4ccc(Cl)cc4C3(C)C)c2)CC1. The second kappa shape index (κ2) is 7.81. The molecule has 0 radical (unpaired) electrons. The van der Waals surface area contributed by atoms with Gasteiger partial charge in [-0.25, -0.2) is 4.98 Å². The molecule has 1 fully saturated rings. The Kier molecular flexibility index (Phi) is 5.08. The number of piperazine rings is 1. The maximum Gasteiger partial charge on any atom is 0.276 e. The number of carbonyl (C=O) groups is 1. The number of oxazole rings is 1. The summed E-state index contributed by atoms with van der Waals surface area (Å²) in [7, 11) is 0. The molecule has 0 spiro atoms. The van der Waals surface area contributed by atoms with E-state index in [0.29, 0.717) is 24.5 Å². The topological polar surface area (TPSA) is 65.7 Å². The van der Waals surface area contributed by atoms with Crippen molar-refractivity contribution >= 4 is 28.9 Å². The Morgan fingerprint density at radius 1 is 1.09 bits per heavy atom. The lowest BCUT2D eigenvalue weighted by Gasteiger charge is -2.37. The second-order valence-corrected chi connectivity index (χ2v) is 9.32. The number of aromatic nitrogens is 2. The fourth-order valence-electron chi connectivity index (χ4n) is 4.75. The number of anilines is 2. The quantitative estimate of drug-likeness (QED) is 0.593. The molecule has 1 saturated heterocycles. The van der Waals surface area contributed by atoms with Crippen LogP contribution in [-0.2, 0) is 12.1 Å². The molecule has 0 bridgehead atoms. The number of hydrogen-bond donors (Lipinski definition) is 0. The Labute approximate surface area is 192 Å². The first-order valence-corrected chi connectivity index (χ1v) is 11.2. The van der Waals surface area contributed by atoms with Crippen LogP contribution in [0.1, 0.15) is 41.2 Å². The Hall–Kier alpha value is -3.06. The van der Waals surface area contributed by atoms with E-state index in [1.54, 1.807) is 6.92 Å². The third-order valence-corrected chi connectivity index (χ3v) is 6.87. The number of rotatable bonds is 3. The minimum absolute atomic E-state index is 0.0713. The molecule has 2 aromatic heterocycles. The Bertz CT molecular complexity index is 1170. The fourth-order valence-corrected chi connectivity index (χ4v) is 4.92. The minimum Gasteiger partial charge on any atom is -0.448 e. The summed E-state index contributed by atoms with van der Waals surface area (Å²) in [6.45, 7) is 9.78. The number of carbonyl (C=O) groups excluding carboxylic acids is 1. The smallest absolute Gasteiger partial charge is 0.276 e. The van der Waals surface area contributed by atoms with Crippen molar-refractivity contribution in [2.45, 2.75) is 32.9 Å². The van der Waals surface area contributed by atoms with Crippen molar-refractivity contribution in [1.29, 1.82) is 0 Å². The van der Waals surface area contributed by atoms with Crippen LogP contribution in [0.25, 0.3) is 0 Å². The average molecular weight is 452 g/mol. The molecule has 0 atom stereocenters. The van der Waals surface area contributed by atoms with Gasteiger partial charge in [0.2, 0.25) is 0 Å². The lowest BCUT2D eigenvalue weighted by molar-refractivity contribution is 0.0740. The maximum atomic E-state index is 12.7. The van der Waals surface area contributed by atoms with Gasteiger partial charge in [-0.3, -0.25) is 9.78 Å². The van der Waals surface area contributed by atoms with Crippen molar-refractivity contribution < 1.29 is 9.21 Å². The minimum atomic E-state index is -0.179. The number of halogens is 1. The van der Waals surface area contributed by atoms with Gasteiger partial charge in [-0.05, 0) is 50.1 Å². The highest BCUT2D eigenvalue weighted by Crippen LogP contribution is 2.43. The first-order valence-electron chi connectivity index (χ1n) is 10.8. The van der Waals surface area contributed by atoms with Gasteiger partial charge in [0.25, 0.3) is 5.91 Å². The molecule has 7 nitrogen and oxygen atoms in total. The zero-order chi connectivity index (χ0) is 22.5. The predicted molar refractivity (Wildman–Crippen MR) is 124 cm³/mol. The van der Waals surface area contributed by atoms with Gasteiger partial charge in [0.1, 0.15) is 5.76 Å². The molecule has 166 valence electrons. The maximum absolute atomic E-state index is 12.7. The average Bonchev–Trinajstić information content (AvgIpc) is 3.34. The van der Waals surface area contributed by atoms with Crippen molar-refractivity contribution in [3.05, 3.63) is 70.7 Å². The normalized spacial score (nSPS) is 17.6. The highest BCUT2D eigenvalue weighted by molar-refractivity contribution is 6.30. The van der Waals surface area contributed by atoms with Crippen LogP contribution in [-0.4, -0.2) is 47.0 Å². The molecule has 3 aromatic rings. The van der Waals surface area contributed by atoms with Crippen LogP contribution in [0.5, 0.6) is 0 Å². The number of amides is 1. The van der Waals surface area contributed by atoms with Gasteiger partial charge in [0.15, 0.2) is 12.1 Å². The van der Waals surface area contributed by atoms with E-state index in [1.165, 1.54) is 17.5 Å². The molecule has 8 heteroatoms. The van der Waals surface area contributed by atoms with E-state index in [1.807, 2.05) is 23.4 Å². The highest BCUT2D eigenvalue weighted by Gasteiger charge is 2.38. The summed E-state index contributed by atoms with van der Waals surface area (Å²) in [4.78, 5) is 27.8. The summed E-state index contributed by atoms with van der Waals surface area (Å²) in [6.07, 6.45) is 5.14. The molecule has 4 heterocycles. The third-order valence-electron chi connectivity index (χ3n) is 6.63. The molecular formula is C24H26ClN5O2. The molecule has 2 aliphatic rings. The Balaban J connectivity index is 1.32. The molecule has 1 amide bonds. The molecule has 32 heavy (non-hydrogen) atoms. The van der Waals surface area contributed by atoms with Crippen molar-refractivity contribution in [1.82, 2.24) is 14.9 Å². The van der Waals surface area contributed by atoms with Crippen LogP contribution >= 0.6 is 11.6 Å². The highest BCUT2D eigenvalue weighted by atomic mass is 35.5. The van der Waals surface area contributed by atoms with Crippen LogP contribution in [0, 0.1) is 6.92 Å². The first kappa shape index (κ1) is 20.8. The number of benzene rings is 1. The fraction of sp³-hybridized carbons (Fsp3) is 0.375. The summed E-state index contributed by atoms with van der Waals surface area (Å²) in [6, 6.07) is 8.34. The lowest BCUT2D eigenvalue weighted by Crippen LogP contribution is -2.49. The summed E-state index contributed by atoms with van der Waals surface area (Å²) in [5.74, 6) is 0.489. The van der Waals surface area contributed by atoms with Crippen LogP contribution in [0.4, 0.5) is 11.4 Å². The summed E-state index contributed by atoms with van der Waals surface area (Å²) in [5, 5.41) is 0.763. The van der Waals surface area contributed by atoms with Crippen molar-refractivity contribution in [3.63, 3.8) is 0 Å². The molecule has 0 N–H and O–H groups in total. The number of nitrogens with zero attached hydrogens (tertiary/aromatic N) is 5. The van der Waals surface area contributed by atoms with E-state index < -0.39 is 0 Å². The number of aryl methyl sites for hydroxylation is 1. The standard InChI is InChI=1S/C24H26ClN5O2/c1-16-22(27-15-32-16)23(31)29-8-6-28(7-9-29)19-11-20(13-26-12-19)30-14-17-4-5-18(25)10-21(17)24(30,2)3/h4-5,10-13,15H,6-9,14H2,1-3H3. The van der Waals surface area contributed by atoms with E-state index >= 15 is 0 Å². The van der Waals surface area contributed by atoms with Crippen LogP contribution in [0.2, 0.25) is 5.02 Å². The van der Waals surface area contributed by atoms with Crippen LogP contribution in [0.3, 0.4) is 0 Å². The summed E-state index contributed by atoms with van der Waals surface area (Å²) < 4.78 is 5.19. The van der Waals surface area contributed by atoms with Crippen LogP contribution < -0.4 is 9.80 Å². The monoisotopic (exact) mass is 451 g/mol. The van der Waals surface area contributed by atoms with E-state index in [-0.39, 0.29) is 11.4 Å². The van der Waals surface area contributed by atoms with E-state index in [4.69, 9.17) is 16.0 Å². The lowest BCUT2D eigenvalue weighted by atomic mass is 9.93. The van der Waals surface area contributed by atoms with Crippen molar-refractivity contribution in [2.75, 3.05) is 36.0 Å². The molecule has 2 aliphatic heterocycles. The zero-order valence-electron chi connectivity index (χ0n) is 18.5. The van der Waals surface area contributed by atoms with Crippen molar-refractivity contribution in [2.24, 2.45) is 0 Å². The largest absolute Gasteiger partial charge is 0.448 e. The van der Waals surface area contributed by atoms with Gasteiger partial charge in [-0.2, -0.15) is 0 Å². The van der Waals surface area contributed by atoms with Gasteiger partial charge in [-0.1, -0.05) is 17.7 Å². The number of fused-ring (bicyclic) bond motifs is 1. The molecule has 5 rings (SSSR count). The van der Waals surface area contributed by atoms with Gasteiger partial charge in [-0.15, -0.1) is 0 Å². The van der Waals surface area contributed by atoms with Gasteiger partial charge in [0.05, 0.1) is 29.3 Å². The second-order valence-electron chi connectivity index (χ2n) is 8.88. The molecular weight excluding hydrogens is 426 g/mol. The van der Waals surface area contributed by atoms with Gasteiger partial charge >= 0.3 is 0 Å².